The van der Waals surface area contributed by atoms with E-state index >= 15 is 0 Å². The molecule has 6 aromatic carbocycles. The van der Waals surface area contributed by atoms with Gasteiger partial charge in [0.2, 0.25) is 0 Å². The minimum absolute atomic E-state index is 0. The first-order chi connectivity index (χ1) is 25.1. The average molecular weight is 839 g/mol. The van der Waals surface area contributed by atoms with Crippen LogP contribution in [0.25, 0.3) is 21.9 Å². The van der Waals surface area contributed by atoms with Crippen molar-refractivity contribution in [2.75, 3.05) is 5.73 Å². The van der Waals surface area contributed by atoms with Crippen LogP contribution in [0.4, 0.5) is 39.8 Å². The number of rotatable bonds is 9. The van der Waals surface area contributed by atoms with Crippen LogP contribution in [0.3, 0.4) is 0 Å². The molecule has 0 aliphatic carbocycles. The van der Waals surface area contributed by atoms with Crippen LogP contribution in [-0.2, 0) is 20.2 Å². The molecule has 6 aromatic rings. The minimum Gasteiger partial charge on any atom is -0.508 e. The molecule has 0 atom stereocenters. The zero-order valence-electron chi connectivity index (χ0n) is 28.6. The number of anilines is 1. The van der Waals surface area contributed by atoms with Crippen molar-refractivity contribution in [3.05, 3.63) is 113 Å². The quantitative estimate of drug-likeness (QED) is 0.0401. The Labute approximate surface area is 367 Å². The summed E-state index contributed by atoms with van der Waals surface area (Å²) in [5.74, 6) is -0.787. The fraction of sp³-hybridized carbons (Fsp3) is 0. The van der Waals surface area contributed by atoms with Crippen molar-refractivity contribution in [2.24, 2.45) is 30.7 Å². The van der Waals surface area contributed by atoms with Gasteiger partial charge in [-0.25, -0.2) is 0 Å². The third-order valence-electron chi connectivity index (χ3n) is 7.50. The van der Waals surface area contributed by atoms with Gasteiger partial charge in [-0.3, -0.25) is 9.11 Å². The monoisotopic (exact) mass is 837 g/mol. The molecule has 6 rings (SSSR count). The SMILES string of the molecule is Nc1c(N=Nc2cc(Cl)ccc2Cl)c(S(=O)(=O)O)cc2cc(S(=O)(=O)O)c(N=Nc3ccc(-c4ccc(N=Nc5ccc(O)cc5)cc4)cc3)c(O)c12.[Na].[Na]. The number of nitrogens with zero attached hydrogens (tertiary/aromatic N) is 6. The van der Waals surface area contributed by atoms with Crippen LogP contribution >= 0.6 is 23.2 Å². The summed E-state index contributed by atoms with van der Waals surface area (Å²) in [6.45, 7) is 0. The third kappa shape index (κ3) is 10.3. The van der Waals surface area contributed by atoms with Gasteiger partial charge < -0.3 is 15.9 Å². The predicted molar refractivity (Wildman–Crippen MR) is 210 cm³/mol. The summed E-state index contributed by atoms with van der Waals surface area (Å²) in [5, 5.41) is 44.4. The Balaban J connectivity index is 0.00000336. The molecule has 0 saturated carbocycles. The van der Waals surface area contributed by atoms with Crippen LogP contribution in [0, 0.1) is 0 Å². The topological polar surface area (TPSA) is 249 Å². The maximum atomic E-state index is 12.4. The maximum absolute atomic E-state index is 12.4. The summed E-state index contributed by atoms with van der Waals surface area (Å²) in [6, 6.07) is 25.8. The van der Waals surface area contributed by atoms with Gasteiger partial charge in [-0.05, 0) is 95.4 Å². The fourth-order valence-corrected chi connectivity index (χ4v) is 6.60. The number of hydrogen-bond acceptors (Lipinski definition) is 13. The molecule has 0 spiro atoms. The summed E-state index contributed by atoms with van der Waals surface area (Å²) < 4.78 is 69.6. The number of nitrogen functional groups attached to an aromatic ring is 1. The van der Waals surface area contributed by atoms with E-state index in [0.29, 0.717) is 11.4 Å². The largest absolute Gasteiger partial charge is 0.508 e. The zero-order valence-corrected chi connectivity index (χ0v) is 35.7. The van der Waals surface area contributed by atoms with Crippen LogP contribution in [0.15, 0.2) is 144 Å². The van der Waals surface area contributed by atoms with Gasteiger partial charge >= 0.3 is 0 Å². The Kier molecular flexibility index (Phi) is 14.3. The zero-order chi connectivity index (χ0) is 38.1. The smallest absolute Gasteiger partial charge is 0.296 e. The standard InChI is InChI=1S/C34H23Cl2N7O8S2.2Na/c35-21-5-14-26(36)27(17-21)41-42-32-28(52(46,47)48)15-20-16-29(53(49,50)51)33(34(45)30(20)31(32)37)43-40-23-8-3-19(4-9-23)18-1-6-22(7-2-18)38-39-24-10-12-25(44)13-11-24;;/h1-17,44-45H,37H2,(H,46,47,48)(H,49,50,51);;. The first-order valence-corrected chi connectivity index (χ1v) is 18.5. The molecule has 0 amide bonds. The van der Waals surface area contributed by atoms with E-state index in [0.717, 1.165) is 23.3 Å². The van der Waals surface area contributed by atoms with Crippen molar-refractivity contribution in [1.82, 2.24) is 0 Å². The summed E-state index contributed by atoms with van der Waals surface area (Å²) in [4.78, 5) is -1.83. The van der Waals surface area contributed by atoms with Gasteiger partial charge in [-0.1, -0.05) is 47.5 Å². The van der Waals surface area contributed by atoms with Crippen LogP contribution in [0.5, 0.6) is 11.5 Å². The number of phenolic OH excluding ortho intramolecular Hbond substituents is 2. The second-order valence-electron chi connectivity index (χ2n) is 11.1. The molecule has 55 heavy (non-hydrogen) atoms. The van der Waals surface area contributed by atoms with Crippen molar-refractivity contribution < 1.29 is 36.2 Å². The second kappa shape index (κ2) is 18.0. The molecule has 15 nitrogen and oxygen atoms in total. The van der Waals surface area contributed by atoms with E-state index in [9.17, 15) is 36.2 Å². The molecule has 21 heteroatoms. The van der Waals surface area contributed by atoms with Gasteiger partial charge in [0, 0.05) is 64.1 Å². The van der Waals surface area contributed by atoms with E-state index in [2.05, 4.69) is 30.7 Å². The van der Waals surface area contributed by atoms with Gasteiger partial charge in [0.15, 0.2) is 5.75 Å². The van der Waals surface area contributed by atoms with E-state index < -0.39 is 52.8 Å². The van der Waals surface area contributed by atoms with Crippen LogP contribution in [0.2, 0.25) is 10.0 Å². The molecule has 0 aromatic heterocycles. The Morgan fingerprint density at radius 2 is 0.982 bits per heavy atom. The molecular formula is C34H23Cl2N7Na2O8S2. The molecule has 6 N–H and O–H groups in total. The molecule has 0 bridgehead atoms. The van der Waals surface area contributed by atoms with Crippen LogP contribution in [-0.4, -0.2) is 95.3 Å². The Bertz CT molecular complexity index is 2720. The number of hydrogen-bond donors (Lipinski definition) is 5. The Morgan fingerprint density at radius 3 is 1.47 bits per heavy atom. The van der Waals surface area contributed by atoms with Crippen molar-refractivity contribution >= 4 is 153 Å². The second-order valence-corrected chi connectivity index (χ2v) is 14.7. The number of nitrogens with two attached hydrogens (primary N) is 1. The molecule has 0 aliphatic rings. The maximum Gasteiger partial charge on any atom is 0.296 e. The number of benzene rings is 6. The number of azo groups is 3. The van der Waals surface area contributed by atoms with E-state index in [-0.39, 0.29) is 97.1 Å². The first kappa shape index (κ1) is 43.9. The minimum atomic E-state index is -5.11. The molecule has 0 fully saturated rings. The molecular weight excluding hydrogens is 815 g/mol. The van der Waals surface area contributed by atoms with E-state index in [1.807, 2.05) is 12.1 Å². The van der Waals surface area contributed by atoms with Crippen LogP contribution in [0.1, 0.15) is 0 Å². The van der Waals surface area contributed by atoms with Crippen molar-refractivity contribution in [3.8, 4) is 22.6 Å². The van der Waals surface area contributed by atoms with Crippen molar-refractivity contribution in [1.29, 1.82) is 0 Å². The summed E-state index contributed by atoms with van der Waals surface area (Å²) in [5.41, 5.74) is 7.35. The molecule has 0 unspecified atom stereocenters. The Hall–Kier alpha value is -3.82. The van der Waals surface area contributed by atoms with E-state index in [4.69, 9.17) is 28.9 Å². The molecule has 0 heterocycles. The normalized spacial score (nSPS) is 12.0. The average Bonchev–Trinajstić information content (AvgIpc) is 3.11. The van der Waals surface area contributed by atoms with Gasteiger partial charge in [0.05, 0.1) is 33.2 Å². The predicted octanol–water partition coefficient (Wildman–Crippen LogP) is 9.78. The van der Waals surface area contributed by atoms with Crippen molar-refractivity contribution in [3.63, 3.8) is 0 Å². The number of halogens is 2. The number of phenols is 2. The molecule has 2 radical (unpaired) electrons. The van der Waals surface area contributed by atoms with Crippen LogP contribution < -0.4 is 5.73 Å². The van der Waals surface area contributed by atoms with Crippen molar-refractivity contribution in [2.45, 2.75) is 9.79 Å². The van der Waals surface area contributed by atoms with Gasteiger partial charge in [0.25, 0.3) is 20.2 Å². The van der Waals surface area contributed by atoms with E-state index in [1.165, 1.54) is 30.3 Å². The third-order valence-corrected chi connectivity index (χ3v) is 9.79. The summed E-state index contributed by atoms with van der Waals surface area (Å²) in [7, 11) is -10.2. The summed E-state index contributed by atoms with van der Waals surface area (Å²) in [6.07, 6.45) is 0. The van der Waals surface area contributed by atoms with E-state index in [1.54, 1.807) is 48.5 Å². The first-order valence-electron chi connectivity index (χ1n) is 14.9. The molecule has 270 valence electrons. The number of fused-ring (bicyclic) bond motifs is 1. The van der Waals surface area contributed by atoms with Gasteiger partial charge in [-0.2, -0.15) is 32.2 Å². The fourth-order valence-electron chi connectivity index (χ4n) is 4.95. The summed E-state index contributed by atoms with van der Waals surface area (Å²) >= 11 is 12.1. The van der Waals surface area contributed by atoms with Gasteiger partial charge in [0.1, 0.15) is 32.6 Å². The molecule has 0 aliphatic heterocycles. The van der Waals surface area contributed by atoms with Gasteiger partial charge in [-0.15, -0.1) is 15.3 Å². The Morgan fingerprint density at radius 1 is 0.545 bits per heavy atom. The molecule has 0 saturated heterocycles. The number of aromatic hydroxyl groups is 2.